The van der Waals surface area contributed by atoms with Crippen LogP contribution < -0.4 is 10.1 Å². The van der Waals surface area contributed by atoms with Crippen LogP contribution in [-0.4, -0.2) is 35.0 Å². The number of carbonyl (C=O) groups excluding carboxylic acids is 1. The van der Waals surface area contributed by atoms with Crippen LogP contribution in [0.25, 0.3) is 11.5 Å². The summed E-state index contributed by atoms with van der Waals surface area (Å²) < 4.78 is 10.8. The van der Waals surface area contributed by atoms with Crippen molar-refractivity contribution in [3.05, 3.63) is 24.3 Å². The first kappa shape index (κ1) is 18.8. The summed E-state index contributed by atoms with van der Waals surface area (Å²) >= 11 is 1.27. The number of carbonyl (C=O) groups is 1. The Bertz CT molecular complexity index is 732. The molecule has 1 heterocycles. The molecule has 3 rings (SSSR count). The molecule has 0 radical (unpaired) electrons. The molecular weight excluding hydrogens is 350 g/mol. The van der Waals surface area contributed by atoms with Gasteiger partial charge in [0.1, 0.15) is 5.75 Å². The van der Waals surface area contributed by atoms with Crippen LogP contribution in [-0.2, 0) is 4.79 Å². The van der Waals surface area contributed by atoms with E-state index in [0.29, 0.717) is 22.9 Å². The SMILES string of the molecule is COc1ccc(-c2nnc(SCC(=O)NC3CCCC(C)C3C)o2)cc1. The van der Waals surface area contributed by atoms with Crippen LogP contribution in [0.2, 0.25) is 0 Å². The van der Waals surface area contributed by atoms with Crippen molar-refractivity contribution in [2.75, 3.05) is 12.9 Å². The molecule has 140 valence electrons. The standard InChI is InChI=1S/C19H25N3O3S/c1-12-5-4-6-16(13(12)2)20-17(23)11-26-19-22-21-18(25-19)14-7-9-15(24-3)10-8-14/h7-10,12-13,16H,4-6,11H2,1-3H3,(H,20,23). The molecule has 1 amide bonds. The number of hydrogen-bond donors (Lipinski definition) is 1. The van der Waals surface area contributed by atoms with Gasteiger partial charge in [-0.15, -0.1) is 10.2 Å². The van der Waals surface area contributed by atoms with E-state index < -0.39 is 0 Å². The van der Waals surface area contributed by atoms with Crippen LogP contribution in [0.15, 0.2) is 33.9 Å². The molecule has 3 atom stereocenters. The molecule has 7 heteroatoms. The van der Waals surface area contributed by atoms with Gasteiger partial charge in [0.05, 0.1) is 12.9 Å². The third-order valence-electron chi connectivity index (χ3n) is 5.12. The summed E-state index contributed by atoms with van der Waals surface area (Å²) in [6.45, 7) is 4.48. The van der Waals surface area contributed by atoms with Gasteiger partial charge in [0.15, 0.2) is 0 Å². The van der Waals surface area contributed by atoms with Crippen molar-refractivity contribution in [1.29, 1.82) is 0 Å². The number of benzene rings is 1. The first-order valence-electron chi connectivity index (χ1n) is 8.97. The van der Waals surface area contributed by atoms with E-state index >= 15 is 0 Å². The molecule has 1 saturated carbocycles. The molecule has 1 aliphatic rings. The van der Waals surface area contributed by atoms with Gasteiger partial charge in [-0.3, -0.25) is 4.79 Å². The Morgan fingerprint density at radius 1 is 1.27 bits per heavy atom. The van der Waals surface area contributed by atoms with E-state index in [2.05, 4.69) is 29.4 Å². The average molecular weight is 375 g/mol. The number of thioether (sulfide) groups is 1. The maximum absolute atomic E-state index is 12.2. The Morgan fingerprint density at radius 3 is 2.77 bits per heavy atom. The predicted octanol–water partition coefficient (Wildman–Crippen LogP) is 3.78. The number of amides is 1. The monoisotopic (exact) mass is 375 g/mol. The summed E-state index contributed by atoms with van der Waals surface area (Å²) in [5.74, 6) is 2.68. The fourth-order valence-electron chi connectivity index (χ4n) is 3.28. The minimum Gasteiger partial charge on any atom is -0.497 e. The molecule has 1 N–H and O–H groups in total. The predicted molar refractivity (Wildman–Crippen MR) is 101 cm³/mol. The van der Waals surface area contributed by atoms with Gasteiger partial charge in [0.2, 0.25) is 11.8 Å². The van der Waals surface area contributed by atoms with Crippen molar-refractivity contribution >= 4 is 17.7 Å². The maximum Gasteiger partial charge on any atom is 0.277 e. The van der Waals surface area contributed by atoms with E-state index in [-0.39, 0.29) is 17.7 Å². The summed E-state index contributed by atoms with van der Waals surface area (Å²) in [6, 6.07) is 7.67. The second kappa shape index (κ2) is 8.58. The quantitative estimate of drug-likeness (QED) is 0.774. The van der Waals surface area contributed by atoms with E-state index in [1.54, 1.807) is 7.11 Å². The molecule has 1 aromatic carbocycles. The van der Waals surface area contributed by atoms with E-state index in [1.165, 1.54) is 24.6 Å². The van der Waals surface area contributed by atoms with E-state index in [4.69, 9.17) is 9.15 Å². The number of nitrogens with zero attached hydrogens (tertiary/aromatic N) is 2. The van der Waals surface area contributed by atoms with Gasteiger partial charge < -0.3 is 14.5 Å². The Kier molecular flexibility index (Phi) is 6.19. The summed E-state index contributed by atoms with van der Waals surface area (Å²) in [6.07, 6.45) is 3.49. The van der Waals surface area contributed by atoms with Gasteiger partial charge >= 0.3 is 0 Å². The zero-order chi connectivity index (χ0) is 18.5. The van der Waals surface area contributed by atoms with Crippen molar-refractivity contribution in [1.82, 2.24) is 15.5 Å². The lowest BCUT2D eigenvalue weighted by Gasteiger charge is -2.34. The molecule has 26 heavy (non-hydrogen) atoms. The normalized spacial score (nSPS) is 22.8. The average Bonchev–Trinajstić information content (AvgIpc) is 3.13. The Balaban J connectivity index is 1.51. The number of ether oxygens (including phenoxy) is 1. The lowest BCUT2D eigenvalue weighted by atomic mass is 9.78. The van der Waals surface area contributed by atoms with E-state index in [1.807, 2.05) is 24.3 Å². The highest BCUT2D eigenvalue weighted by Gasteiger charge is 2.28. The highest BCUT2D eigenvalue weighted by molar-refractivity contribution is 7.99. The second-order valence-electron chi connectivity index (χ2n) is 6.83. The first-order chi connectivity index (χ1) is 12.6. The minimum absolute atomic E-state index is 0.0187. The third-order valence-corrected chi connectivity index (χ3v) is 5.94. The van der Waals surface area contributed by atoms with Crippen LogP contribution in [0.3, 0.4) is 0 Å². The number of aromatic nitrogens is 2. The first-order valence-corrected chi connectivity index (χ1v) is 9.95. The minimum atomic E-state index is 0.0187. The molecule has 0 saturated heterocycles. The van der Waals surface area contributed by atoms with Gasteiger partial charge in [0, 0.05) is 11.6 Å². The van der Waals surface area contributed by atoms with Gasteiger partial charge in [-0.2, -0.15) is 0 Å². The topological polar surface area (TPSA) is 77.2 Å². The molecule has 2 aromatic rings. The third kappa shape index (κ3) is 4.58. The van der Waals surface area contributed by atoms with Crippen molar-refractivity contribution in [2.24, 2.45) is 11.8 Å². The molecular formula is C19H25N3O3S. The van der Waals surface area contributed by atoms with Gasteiger partial charge in [-0.05, 0) is 42.5 Å². The van der Waals surface area contributed by atoms with E-state index in [0.717, 1.165) is 17.7 Å². The van der Waals surface area contributed by atoms with Crippen LogP contribution in [0, 0.1) is 11.8 Å². The molecule has 1 aromatic heterocycles. The van der Waals surface area contributed by atoms with Crippen LogP contribution in [0.4, 0.5) is 0 Å². The molecule has 6 nitrogen and oxygen atoms in total. The number of rotatable bonds is 6. The van der Waals surface area contributed by atoms with Crippen molar-refractivity contribution in [3.63, 3.8) is 0 Å². The van der Waals surface area contributed by atoms with Crippen LogP contribution in [0.5, 0.6) is 5.75 Å². The molecule has 1 aliphatic carbocycles. The van der Waals surface area contributed by atoms with Crippen molar-refractivity contribution in [2.45, 2.75) is 44.4 Å². The Morgan fingerprint density at radius 2 is 2.04 bits per heavy atom. The molecule has 0 spiro atoms. The fraction of sp³-hybridized carbons (Fsp3) is 0.526. The van der Waals surface area contributed by atoms with Crippen LogP contribution in [0.1, 0.15) is 33.1 Å². The summed E-state index contributed by atoms with van der Waals surface area (Å²) in [5.41, 5.74) is 0.819. The van der Waals surface area contributed by atoms with E-state index in [9.17, 15) is 4.79 Å². The largest absolute Gasteiger partial charge is 0.497 e. The highest BCUT2D eigenvalue weighted by Crippen LogP contribution is 2.30. The van der Waals surface area contributed by atoms with Crippen molar-refractivity contribution < 1.29 is 13.9 Å². The maximum atomic E-state index is 12.2. The van der Waals surface area contributed by atoms with Crippen molar-refractivity contribution in [3.8, 4) is 17.2 Å². The molecule has 1 fully saturated rings. The second-order valence-corrected chi connectivity index (χ2v) is 7.76. The van der Waals surface area contributed by atoms with Gasteiger partial charge in [0.25, 0.3) is 5.22 Å². The number of nitrogens with one attached hydrogen (secondary N) is 1. The lowest BCUT2D eigenvalue weighted by Crippen LogP contribution is -2.44. The van der Waals surface area contributed by atoms with Crippen LogP contribution >= 0.6 is 11.8 Å². The van der Waals surface area contributed by atoms with Gasteiger partial charge in [-0.25, -0.2) is 0 Å². The Labute approximate surface area is 158 Å². The zero-order valence-electron chi connectivity index (χ0n) is 15.4. The zero-order valence-corrected chi connectivity index (χ0v) is 16.2. The summed E-state index contributed by atoms with van der Waals surface area (Å²) in [7, 11) is 1.62. The Hall–Kier alpha value is -2.02. The molecule has 0 aliphatic heterocycles. The highest BCUT2D eigenvalue weighted by atomic mass is 32.2. The molecule has 3 unspecified atom stereocenters. The fourth-order valence-corrected chi connectivity index (χ4v) is 3.85. The summed E-state index contributed by atoms with van der Waals surface area (Å²) in [5, 5.41) is 11.6. The lowest BCUT2D eigenvalue weighted by molar-refractivity contribution is -0.120. The van der Waals surface area contributed by atoms with Gasteiger partial charge in [-0.1, -0.05) is 38.5 Å². The number of hydrogen-bond acceptors (Lipinski definition) is 6. The summed E-state index contributed by atoms with van der Waals surface area (Å²) in [4.78, 5) is 12.2. The smallest absolute Gasteiger partial charge is 0.277 e. The number of methoxy groups -OCH3 is 1. The molecule has 0 bridgehead atoms.